The van der Waals surface area contributed by atoms with E-state index in [0.717, 1.165) is 0 Å². The molecule has 0 unspecified atom stereocenters. The Balaban J connectivity index is 2.16. The van der Waals surface area contributed by atoms with Gasteiger partial charge >= 0.3 is 0 Å². The van der Waals surface area contributed by atoms with Crippen molar-refractivity contribution < 1.29 is 9.53 Å². The number of methoxy groups -OCH3 is 1. The van der Waals surface area contributed by atoms with Crippen molar-refractivity contribution >= 4 is 28.6 Å². The van der Waals surface area contributed by atoms with Crippen molar-refractivity contribution in [2.24, 2.45) is 0 Å². The molecule has 1 amide bonds. The molecule has 1 aromatic carbocycles. The summed E-state index contributed by atoms with van der Waals surface area (Å²) < 4.78 is 5.04. The fourth-order valence-corrected chi connectivity index (χ4v) is 2.01. The first-order chi connectivity index (χ1) is 8.20. The van der Waals surface area contributed by atoms with E-state index < -0.39 is 0 Å². The molecule has 0 aliphatic carbocycles. The molecular weight excluding hydrogens is 236 g/mol. The Kier molecular flexibility index (Phi) is 3.30. The summed E-state index contributed by atoms with van der Waals surface area (Å²) in [7, 11) is 1.57. The van der Waals surface area contributed by atoms with E-state index >= 15 is 0 Å². The average Bonchev–Trinajstić information content (AvgIpc) is 2.85. The zero-order chi connectivity index (χ0) is 12.3. The number of nitrogens with one attached hydrogen (secondary N) is 1. The minimum absolute atomic E-state index is 0.164. The van der Waals surface area contributed by atoms with E-state index in [0.29, 0.717) is 22.7 Å². The molecule has 0 aliphatic rings. The van der Waals surface area contributed by atoms with Gasteiger partial charge in [0, 0.05) is 11.4 Å². The zero-order valence-corrected chi connectivity index (χ0v) is 10.1. The minimum atomic E-state index is -0.164. The number of hydrogen-bond acceptors (Lipinski definition) is 4. The van der Waals surface area contributed by atoms with Crippen LogP contribution in [0, 0.1) is 0 Å². The van der Waals surface area contributed by atoms with Gasteiger partial charge in [-0.05, 0) is 23.6 Å². The van der Waals surface area contributed by atoms with Gasteiger partial charge in [0.25, 0.3) is 5.91 Å². The number of benzene rings is 1. The maximum Gasteiger partial charge on any atom is 0.256 e. The van der Waals surface area contributed by atoms with E-state index in [1.807, 2.05) is 5.38 Å². The molecule has 0 radical (unpaired) electrons. The Bertz CT molecular complexity index is 523. The smallest absolute Gasteiger partial charge is 0.256 e. The maximum atomic E-state index is 11.8. The predicted molar refractivity (Wildman–Crippen MR) is 69.7 cm³/mol. The third-order valence-electron chi connectivity index (χ3n) is 2.29. The van der Waals surface area contributed by atoms with E-state index in [-0.39, 0.29) is 5.91 Å². The molecule has 0 saturated heterocycles. The monoisotopic (exact) mass is 248 g/mol. The van der Waals surface area contributed by atoms with Gasteiger partial charge in [0.2, 0.25) is 0 Å². The van der Waals surface area contributed by atoms with E-state index in [9.17, 15) is 4.79 Å². The van der Waals surface area contributed by atoms with E-state index in [1.54, 1.807) is 36.8 Å². The van der Waals surface area contributed by atoms with Crippen LogP contribution in [-0.4, -0.2) is 13.0 Å². The Hall–Kier alpha value is -2.01. The van der Waals surface area contributed by atoms with Crippen LogP contribution >= 0.6 is 11.3 Å². The van der Waals surface area contributed by atoms with Gasteiger partial charge in [-0.2, -0.15) is 11.3 Å². The van der Waals surface area contributed by atoms with Gasteiger partial charge in [-0.3, -0.25) is 4.79 Å². The Morgan fingerprint density at radius 3 is 2.82 bits per heavy atom. The standard InChI is InChI=1S/C12H12N2O2S/c1-16-9-2-3-11(10(13)6-9)14-12(15)8-4-5-17-7-8/h2-7H,13H2,1H3,(H,14,15). The molecule has 17 heavy (non-hydrogen) atoms. The van der Waals surface area contributed by atoms with Crippen LogP contribution in [0.1, 0.15) is 10.4 Å². The number of ether oxygens (including phenoxy) is 1. The molecule has 0 bridgehead atoms. The number of amides is 1. The van der Waals surface area contributed by atoms with Gasteiger partial charge in [-0.15, -0.1) is 0 Å². The minimum Gasteiger partial charge on any atom is -0.497 e. The van der Waals surface area contributed by atoms with Crippen LogP contribution in [0.4, 0.5) is 11.4 Å². The van der Waals surface area contributed by atoms with Crippen molar-refractivity contribution in [3.8, 4) is 5.75 Å². The van der Waals surface area contributed by atoms with Gasteiger partial charge in [0.1, 0.15) is 5.75 Å². The lowest BCUT2D eigenvalue weighted by molar-refractivity contribution is 0.102. The van der Waals surface area contributed by atoms with Crippen molar-refractivity contribution in [1.82, 2.24) is 0 Å². The largest absolute Gasteiger partial charge is 0.497 e. The summed E-state index contributed by atoms with van der Waals surface area (Å²) in [6, 6.07) is 6.90. The Morgan fingerprint density at radius 2 is 2.24 bits per heavy atom. The van der Waals surface area contributed by atoms with Crippen molar-refractivity contribution in [2.45, 2.75) is 0 Å². The number of carbonyl (C=O) groups excluding carboxylic acids is 1. The molecule has 0 atom stereocenters. The molecule has 0 aliphatic heterocycles. The van der Waals surface area contributed by atoms with Crippen LogP contribution in [0.25, 0.3) is 0 Å². The zero-order valence-electron chi connectivity index (χ0n) is 9.27. The van der Waals surface area contributed by atoms with Crippen LogP contribution in [0.5, 0.6) is 5.75 Å². The number of thiophene rings is 1. The van der Waals surface area contributed by atoms with Gasteiger partial charge in [-0.25, -0.2) is 0 Å². The van der Waals surface area contributed by atoms with Crippen LogP contribution < -0.4 is 15.8 Å². The molecule has 0 fully saturated rings. The highest BCUT2D eigenvalue weighted by molar-refractivity contribution is 7.08. The number of nitrogen functional groups attached to an aromatic ring is 1. The first-order valence-electron chi connectivity index (χ1n) is 4.98. The van der Waals surface area contributed by atoms with Crippen molar-refractivity contribution in [3.63, 3.8) is 0 Å². The third kappa shape index (κ3) is 2.57. The summed E-state index contributed by atoms with van der Waals surface area (Å²) >= 11 is 1.48. The first kappa shape index (κ1) is 11.5. The van der Waals surface area contributed by atoms with Gasteiger partial charge in [-0.1, -0.05) is 0 Å². The van der Waals surface area contributed by atoms with Gasteiger partial charge in [0.15, 0.2) is 0 Å². The number of anilines is 2. The van der Waals surface area contributed by atoms with Crippen LogP contribution in [0.3, 0.4) is 0 Å². The second-order valence-corrected chi connectivity index (χ2v) is 4.20. The summed E-state index contributed by atoms with van der Waals surface area (Å²) in [6.07, 6.45) is 0. The number of hydrogen-bond donors (Lipinski definition) is 2. The molecule has 2 aromatic rings. The highest BCUT2D eigenvalue weighted by Gasteiger charge is 2.08. The van der Waals surface area contributed by atoms with E-state index in [2.05, 4.69) is 5.32 Å². The summed E-state index contributed by atoms with van der Waals surface area (Å²) in [6.45, 7) is 0. The fourth-order valence-electron chi connectivity index (χ4n) is 1.37. The van der Waals surface area contributed by atoms with Crippen LogP contribution in [0.15, 0.2) is 35.0 Å². The highest BCUT2D eigenvalue weighted by atomic mass is 32.1. The van der Waals surface area contributed by atoms with Crippen LogP contribution in [-0.2, 0) is 0 Å². The van der Waals surface area contributed by atoms with Crippen molar-refractivity contribution in [3.05, 3.63) is 40.6 Å². The Labute approximate surface area is 103 Å². The summed E-state index contributed by atoms with van der Waals surface area (Å²) in [5.74, 6) is 0.499. The predicted octanol–water partition coefficient (Wildman–Crippen LogP) is 2.59. The molecule has 3 N–H and O–H groups in total. The Morgan fingerprint density at radius 1 is 1.41 bits per heavy atom. The highest BCUT2D eigenvalue weighted by Crippen LogP contribution is 2.24. The number of nitrogens with two attached hydrogens (primary N) is 1. The summed E-state index contributed by atoms with van der Waals surface area (Å²) in [4.78, 5) is 11.8. The maximum absolute atomic E-state index is 11.8. The molecule has 88 valence electrons. The first-order valence-corrected chi connectivity index (χ1v) is 5.92. The topological polar surface area (TPSA) is 64.3 Å². The second kappa shape index (κ2) is 4.88. The molecular formula is C12H12N2O2S. The van der Waals surface area contributed by atoms with Gasteiger partial charge in [0.05, 0.1) is 24.0 Å². The number of carbonyl (C=O) groups is 1. The van der Waals surface area contributed by atoms with E-state index in [1.165, 1.54) is 11.3 Å². The third-order valence-corrected chi connectivity index (χ3v) is 2.97. The number of rotatable bonds is 3. The molecule has 1 aromatic heterocycles. The lowest BCUT2D eigenvalue weighted by atomic mass is 10.2. The molecule has 0 spiro atoms. The lowest BCUT2D eigenvalue weighted by Gasteiger charge is -2.08. The fraction of sp³-hybridized carbons (Fsp3) is 0.0833. The van der Waals surface area contributed by atoms with Crippen molar-refractivity contribution in [2.75, 3.05) is 18.2 Å². The van der Waals surface area contributed by atoms with Crippen molar-refractivity contribution in [1.29, 1.82) is 0 Å². The summed E-state index contributed by atoms with van der Waals surface area (Å²) in [5.41, 5.74) is 7.50. The molecule has 5 heteroatoms. The SMILES string of the molecule is COc1ccc(NC(=O)c2ccsc2)c(N)c1. The van der Waals surface area contributed by atoms with E-state index in [4.69, 9.17) is 10.5 Å². The normalized spacial score (nSPS) is 9.94. The van der Waals surface area contributed by atoms with Crippen LogP contribution in [0.2, 0.25) is 0 Å². The lowest BCUT2D eigenvalue weighted by Crippen LogP contribution is -2.12. The molecule has 0 saturated carbocycles. The molecule has 2 rings (SSSR count). The quantitative estimate of drug-likeness (QED) is 0.820. The average molecular weight is 248 g/mol. The molecule has 4 nitrogen and oxygen atoms in total. The second-order valence-electron chi connectivity index (χ2n) is 3.42. The molecule has 1 heterocycles. The summed E-state index contributed by atoms with van der Waals surface area (Å²) in [5, 5.41) is 6.39. The van der Waals surface area contributed by atoms with Gasteiger partial charge < -0.3 is 15.8 Å².